The molecule has 0 unspecified atom stereocenters. The zero-order valence-corrected chi connectivity index (χ0v) is 17.1. The lowest BCUT2D eigenvalue weighted by Crippen LogP contribution is -2.15. The molecular weight excluding hydrogens is 388 g/mol. The van der Waals surface area contributed by atoms with Gasteiger partial charge in [-0.3, -0.25) is 14.9 Å². The highest BCUT2D eigenvalue weighted by atomic mass is 32.2. The Balaban J connectivity index is 1.64. The van der Waals surface area contributed by atoms with Crippen LogP contribution in [0.15, 0.2) is 53.6 Å². The predicted molar refractivity (Wildman–Crippen MR) is 114 cm³/mol. The van der Waals surface area contributed by atoms with E-state index >= 15 is 0 Å². The largest absolute Gasteiger partial charge is 0.320 e. The average molecular weight is 408 g/mol. The van der Waals surface area contributed by atoms with Crippen LogP contribution in [0.4, 0.5) is 11.4 Å². The van der Waals surface area contributed by atoms with E-state index in [-0.39, 0.29) is 23.0 Å². The van der Waals surface area contributed by atoms with E-state index in [1.165, 1.54) is 35.0 Å². The quantitative estimate of drug-likeness (QED) is 0.360. The van der Waals surface area contributed by atoms with Crippen molar-refractivity contribution in [3.05, 3.63) is 75.3 Å². The van der Waals surface area contributed by atoms with Gasteiger partial charge in [0.1, 0.15) is 10.7 Å². The summed E-state index contributed by atoms with van der Waals surface area (Å²) >= 11 is 1.22. The fraction of sp³-hybridized carbons (Fsp3) is 0.190. The summed E-state index contributed by atoms with van der Waals surface area (Å²) in [5.74, 6) is -0.275. The number of hydrogen-bond acceptors (Lipinski definition) is 6. The number of amides is 1. The van der Waals surface area contributed by atoms with E-state index in [4.69, 9.17) is 0 Å². The fourth-order valence-corrected chi connectivity index (χ4v) is 3.46. The van der Waals surface area contributed by atoms with Gasteiger partial charge < -0.3 is 5.32 Å². The standard InChI is InChI=1S/C21H20N4O3S/c1-13-10-15(3)16(11-14(13)2)17-8-9-21(24-23-17)29-12-20(26)22-18-6-4-5-7-19(18)25(27)28/h4-11H,12H2,1-3H3,(H,22,26). The van der Waals surface area contributed by atoms with Crippen molar-refractivity contribution in [3.63, 3.8) is 0 Å². The first-order valence-corrected chi connectivity index (χ1v) is 9.91. The molecule has 8 heteroatoms. The van der Waals surface area contributed by atoms with E-state index in [1.54, 1.807) is 12.1 Å². The van der Waals surface area contributed by atoms with Crippen molar-refractivity contribution in [2.24, 2.45) is 0 Å². The van der Waals surface area contributed by atoms with Gasteiger partial charge in [0, 0.05) is 11.6 Å². The van der Waals surface area contributed by atoms with Crippen molar-refractivity contribution in [3.8, 4) is 11.3 Å². The summed E-state index contributed by atoms with van der Waals surface area (Å²) in [6, 6.07) is 14.0. The first-order chi connectivity index (χ1) is 13.8. The van der Waals surface area contributed by atoms with Crippen LogP contribution in [-0.2, 0) is 4.79 Å². The monoisotopic (exact) mass is 408 g/mol. The van der Waals surface area contributed by atoms with Crippen LogP contribution < -0.4 is 5.32 Å². The fourth-order valence-electron chi connectivity index (χ4n) is 2.84. The molecule has 0 aliphatic rings. The van der Waals surface area contributed by atoms with Crippen LogP contribution in [0.25, 0.3) is 11.3 Å². The van der Waals surface area contributed by atoms with Crippen LogP contribution in [0.5, 0.6) is 0 Å². The molecule has 0 aliphatic heterocycles. The maximum absolute atomic E-state index is 12.2. The first-order valence-electron chi connectivity index (χ1n) is 8.93. The Kier molecular flexibility index (Phi) is 6.23. The van der Waals surface area contributed by atoms with Crippen LogP contribution in [0.1, 0.15) is 16.7 Å². The number of thioether (sulfide) groups is 1. The van der Waals surface area contributed by atoms with Crippen molar-refractivity contribution < 1.29 is 9.72 Å². The number of aryl methyl sites for hydroxylation is 3. The lowest BCUT2D eigenvalue weighted by molar-refractivity contribution is -0.383. The molecule has 0 aliphatic carbocycles. The number of anilines is 1. The minimum absolute atomic E-state index is 0.0722. The first kappa shape index (κ1) is 20.5. The predicted octanol–water partition coefficient (Wildman–Crippen LogP) is 4.71. The second-order valence-electron chi connectivity index (χ2n) is 6.62. The van der Waals surface area contributed by atoms with E-state index in [2.05, 4.69) is 41.5 Å². The van der Waals surface area contributed by atoms with E-state index in [0.717, 1.165) is 16.8 Å². The van der Waals surface area contributed by atoms with Crippen LogP contribution in [0.3, 0.4) is 0 Å². The molecule has 0 radical (unpaired) electrons. The zero-order valence-electron chi connectivity index (χ0n) is 16.3. The smallest absolute Gasteiger partial charge is 0.292 e. The summed E-state index contributed by atoms with van der Waals surface area (Å²) in [6.07, 6.45) is 0. The number of nitro benzene ring substituents is 1. The molecule has 2 aromatic carbocycles. The van der Waals surface area contributed by atoms with Gasteiger partial charge in [-0.2, -0.15) is 0 Å². The molecular formula is C21H20N4O3S. The van der Waals surface area contributed by atoms with Gasteiger partial charge in [0.25, 0.3) is 5.69 Å². The molecule has 3 rings (SSSR count). The van der Waals surface area contributed by atoms with Gasteiger partial charge in [0.2, 0.25) is 5.91 Å². The van der Waals surface area contributed by atoms with Crippen molar-refractivity contribution >= 4 is 29.0 Å². The number of nitro groups is 1. The minimum atomic E-state index is -0.526. The second kappa shape index (κ2) is 8.83. The van der Waals surface area contributed by atoms with Crippen molar-refractivity contribution in [2.75, 3.05) is 11.1 Å². The number of nitrogens with one attached hydrogen (secondary N) is 1. The number of para-hydroxylation sites is 2. The third-order valence-corrected chi connectivity index (χ3v) is 5.40. The maximum Gasteiger partial charge on any atom is 0.292 e. The highest BCUT2D eigenvalue weighted by molar-refractivity contribution is 7.99. The van der Waals surface area contributed by atoms with Crippen LogP contribution in [0, 0.1) is 30.9 Å². The summed E-state index contributed by atoms with van der Waals surface area (Å²) in [6.45, 7) is 6.18. The van der Waals surface area contributed by atoms with Crippen molar-refractivity contribution in [1.29, 1.82) is 0 Å². The molecule has 0 bridgehead atoms. The van der Waals surface area contributed by atoms with Gasteiger partial charge in [0.15, 0.2) is 0 Å². The van der Waals surface area contributed by atoms with Crippen LogP contribution >= 0.6 is 11.8 Å². The Bertz CT molecular complexity index is 1070. The molecule has 3 aromatic rings. The number of hydrogen-bond donors (Lipinski definition) is 1. The molecule has 1 amide bonds. The van der Waals surface area contributed by atoms with Gasteiger partial charge >= 0.3 is 0 Å². The lowest BCUT2D eigenvalue weighted by atomic mass is 9.99. The van der Waals surface area contributed by atoms with Crippen LogP contribution in [0.2, 0.25) is 0 Å². The average Bonchev–Trinajstić information content (AvgIpc) is 2.70. The molecule has 1 heterocycles. The Morgan fingerprint density at radius 2 is 1.76 bits per heavy atom. The number of carbonyl (C=O) groups is 1. The summed E-state index contributed by atoms with van der Waals surface area (Å²) in [7, 11) is 0. The van der Waals surface area contributed by atoms with E-state index in [1.807, 2.05) is 19.1 Å². The normalized spacial score (nSPS) is 10.6. The van der Waals surface area contributed by atoms with Gasteiger partial charge in [0.05, 0.1) is 16.4 Å². The highest BCUT2D eigenvalue weighted by Crippen LogP contribution is 2.26. The second-order valence-corrected chi connectivity index (χ2v) is 7.61. The molecule has 0 fully saturated rings. The van der Waals surface area contributed by atoms with Gasteiger partial charge in [-0.15, -0.1) is 10.2 Å². The topological polar surface area (TPSA) is 98.0 Å². The molecule has 0 saturated heterocycles. The zero-order chi connectivity index (χ0) is 21.0. The number of rotatable bonds is 6. The summed E-state index contributed by atoms with van der Waals surface area (Å²) in [5.41, 5.74) is 5.40. The summed E-state index contributed by atoms with van der Waals surface area (Å²) in [4.78, 5) is 22.7. The minimum Gasteiger partial charge on any atom is -0.320 e. The van der Waals surface area contributed by atoms with E-state index in [0.29, 0.717) is 5.03 Å². The molecule has 148 valence electrons. The molecule has 29 heavy (non-hydrogen) atoms. The molecule has 7 nitrogen and oxygen atoms in total. The molecule has 0 atom stereocenters. The van der Waals surface area contributed by atoms with Crippen LogP contribution in [-0.4, -0.2) is 26.8 Å². The van der Waals surface area contributed by atoms with Gasteiger partial charge in [-0.25, -0.2) is 0 Å². The number of benzene rings is 2. The summed E-state index contributed by atoms with van der Waals surface area (Å²) in [5, 5.41) is 22.7. The Morgan fingerprint density at radius 1 is 1.03 bits per heavy atom. The Hall–Kier alpha value is -3.26. The SMILES string of the molecule is Cc1cc(C)c(-c2ccc(SCC(=O)Nc3ccccc3[N+](=O)[O-])nn2)cc1C. The maximum atomic E-state index is 12.2. The van der Waals surface area contributed by atoms with E-state index in [9.17, 15) is 14.9 Å². The number of nitrogens with zero attached hydrogens (tertiary/aromatic N) is 3. The van der Waals surface area contributed by atoms with E-state index < -0.39 is 4.92 Å². The lowest BCUT2D eigenvalue weighted by Gasteiger charge is -2.09. The van der Waals surface area contributed by atoms with Crippen molar-refractivity contribution in [2.45, 2.75) is 25.8 Å². The Labute approximate surface area is 172 Å². The molecule has 0 spiro atoms. The molecule has 1 N–H and O–H groups in total. The number of aromatic nitrogens is 2. The Morgan fingerprint density at radius 3 is 2.45 bits per heavy atom. The third-order valence-electron chi connectivity index (χ3n) is 4.48. The summed E-state index contributed by atoms with van der Waals surface area (Å²) < 4.78 is 0. The van der Waals surface area contributed by atoms with Crippen molar-refractivity contribution in [1.82, 2.24) is 10.2 Å². The van der Waals surface area contributed by atoms with Gasteiger partial charge in [-0.05, 0) is 61.7 Å². The molecule has 0 saturated carbocycles. The number of carbonyl (C=O) groups excluding carboxylic acids is 1. The highest BCUT2D eigenvalue weighted by Gasteiger charge is 2.15. The van der Waals surface area contributed by atoms with Gasteiger partial charge in [-0.1, -0.05) is 30.0 Å². The molecule has 1 aromatic heterocycles. The third kappa shape index (κ3) is 4.97.